The molecule has 0 spiro atoms. The van der Waals surface area contributed by atoms with E-state index in [4.69, 9.17) is 4.74 Å². The average molecular weight is 375 g/mol. The zero-order valence-corrected chi connectivity index (χ0v) is 16.2. The number of nitrogens with zero attached hydrogens (tertiary/aromatic N) is 1. The number of benzene rings is 2. The predicted octanol–water partition coefficient (Wildman–Crippen LogP) is 3.40. The number of piperazine rings is 1. The van der Waals surface area contributed by atoms with E-state index in [9.17, 15) is 4.79 Å². The van der Waals surface area contributed by atoms with Crippen molar-refractivity contribution in [3.05, 3.63) is 65.2 Å². The minimum absolute atomic E-state index is 0. The van der Waals surface area contributed by atoms with Gasteiger partial charge in [-0.15, -0.1) is 12.4 Å². The van der Waals surface area contributed by atoms with Crippen molar-refractivity contribution in [3.63, 3.8) is 0 Å². The molecule has 1 aliphatic rings. The lowest BCUT2D eigenvalue weighted by Gasteiger charge is -2.36. The lowest BCUT2D eigenvalue weighted by atomic mass is 10.00. The normalized spacial score (nSPS) is 16.7. The highest BCUT2D eigenvalue weighted by Crippen LogP contribution is 2.24. The molecule has 1 unspecified atom stereocenters. The van der Waals surface area contributed by atoms with E-state index in [1.165, 1.54) is 11.1 Å². The number of rotatable bonds is 5. The van der Waals surface area contributed by atoms with Crippen molar-refractivity contribution in [1.29, 1.82) is 0 Å². The first kappa shape index (κ1) is 20.3. The summed E-state index contributed by atoms with van der Waals surface area (Å²) in [5.41, 5.74) is 3.51. The van der Waals surface area contributed by atoms with Gasteiger partial charge in [0.15, 0.2) is 0 Å². The van der Waals surface area contributed by atoms with Crippen LogP contribution in [0.1, 0.15) is 29.7 Å². The van der Waals surface area contributed by atoms with Gasteiger partial charge in [-0.3, -0.25) is 4.79 Å². The van der Waals surface area contributed by atoms with Gasteiger partial charge >= 0.3 is 0 Å². The van der Waals surface area contributed by atoms with Crippen LogP contribution in [0.15, 0.2) is 48.5 Å². The van der Waals surface area contributed by atoms with Crippen molar-refractivity contribution < 1.29 is 9.53 Å². The van der Waals surface area contributed by atoms with Gasteiger partial charge in [0.1, 0.15) is 5.75 Å². The number of halogens is 1. The summed E-state index contributed by atoms with van der Waals surface area (Å²) in [7, 11) is 1.65. The first-order valence-corrected chi connectivity index (χ1v) is 8.93. The molecule has 140 valence electrons. The number of aryl methyl sites for hydroxylation is 1. The Balaban J connectivity index is 0.00000243. The number of nitrogens with one attached hydrogen (secondary N) is 1. The van der Waals surface area contributed by atoms with Gasteiger partial charge in [0.25, 0.3) is 0 Å². The van der Waals surface area contributed by atoms with Crippen molar-refractivity contribution in [2.75, 3.05) is 26.7 Å². The molecular weight excluding hydrogens is 348 g/mol. The number of ether oxygens (including phenoxy) is 1. The van der Waals surface area contributed by atoms with Crippen LogP contribution in [0, 0.1) is 0 Å². The summed E-state index contributed by atoms with van der Waals surface area (Å²) in [6, 6.07) is 16.5. The van der Waals surface area contributed by atoms with Crippen LogP contribution < -0.4 is 10.1 Å². The molecule has 1 heterocycles. The van der Waals surface area contributed by atoms with Gasteiger partial charge < -0.3 is 15.0 Å². The Bertz CT molecular complexity index is 718. The number of methoxy groups -OCH3 is 1. The largest absolute Gasteiger partial charge is 0.497 e. The van der Waals surface area contributed by atoms with Crippen LogP contribution in [-0.4, -0.2) is 37.6 Å². The second-order valence-corrected chi connectivity index (χ2v) is 6.43. The molecule has 0 saturated carbocycles. The second-order valence-electron chi connectivity index (χ2n) is 6.43. The van der Waals surface area contributed by atoms with Crippen molar-refractivity contribution in [3.8, 4) is 5.75 Å². The Hall–Kier alpha value is -2.04. The van der Waals surface area contributed by atoms with Crippen LogP contribution in [0.3, 0.4) is 0 Å². The Labute approximate surface area is 162 Å². The van der Waals surface area contributed by atoms with Crippen molar-refractivity contribution >= 4 is 18.3 Å². The van der Waals surface area contributed by atoms with E-state index >= 15 is 0 Å². The fourth-order valence-corrected chi connectivity index (χ4v) is 3.33. The summed E-state index contributed by atoms with van der Waals surface area (Å²) < 4.78 is 5.26. The molecule has 2 aromatic carbocycles. The molecule has 1 N–H and O–H groups in total. The quantitative estimate of drug-likeness (QED) is 0.872. The molecule has 0 aromatic heterocycles. The summed E-state index contributed by atoms with van der Waals surface area (Å²) >= 11 is 0. The third kappa shape index (κ3) is 4.77. The monoisotopic (exact) mass is 374 g/mol. The van der Waals surface area contributed by atoms with Crippen LogP contribution in [0.4, 0.5) is 0 Å². The fraction of sp³-hybridized carbons (Fsp3) is 0.381. The first-order valence-electron chi connectivity index (χ1n) is 8.93. The molecule has 1 aliphatic heterocycles. The number of hydrogen-bond acceptors (Lipinski definition) is 3. The van der Waals surface area contributed by atoms with E-state index in [0.717, 1.165) is 37.4 Å². The highest BCUT2D eigenvalue weighted by molar-refractivity contribution is 5.85. The molecule has 4 nitrogen and oxygen atoms in total. The van der Waals surface area contributed by atoms with Gasteiger partial charge in [-0.05, 0) is 35.2 Å². The lowest BCUT2D eigenvalue weighted by Crippen LogP contribution is -2.49. The van der Waals surface area contributed by atoms with Crippen LogP contribution in [0.25, 0.3) is 0 Å². The lowest BCUT2D eigenvalue weighted by molar-refractivity contribution is -0.133. The van der Waals surface area contributed by atoms with Crippen LogP contribution >= 0.6 is 12.4 Å². The average Bonchev–Trinajstić information content (AvgIpc) is 2.68. The van der Waals surface area contributed by atoms with Crippen molar-refractivity contribution in [2.45, 2.75) is 25.8 Å². The number of carbonyl (C=O) groups is 1. The smallest absolute Gasteiger partial charge is 0.227 e. The molecule has 0 bridgehead atoms. The zero-order valence-electron chi connectivity index (χ0n) is 15.4. The van der Waals surface area contributed by atoms with Gasteiger partial charge in [-0.2, -0.15) is 0 Å². The molecule has 26 heavy (non-hydrogen) atoms. The van der Waals surface area contributed by atoms with E-state index in [2.05, 4.69) is 36.5 Å². The van der Waals surface area contributed by atoms with E-state index < -0.39 is 0 Å². The Morgan fingerprint density at radius 3 is 2.65 bits per heavy atom. The molecule has 0 radical (unpaired) electrons. The topological polar surface area (TPSA) is 41.6 Å². The highest BCUT2D eigenvalue weighted by Gasteiger charge is 2.27. The maximum Gasteiger partial charge on any atom is 0.227 e. The fourth-order valence-electron chi connectivity index (χ4n) is 3.33. The molecule has 1 fully saturated rings. The summed E-state index contributed by atoms with van der Waals surface area (Å²) in [6.45, 7) is 4.53. The third-order valence-corrected chi connectivity index (χ3v) is 4.83. The minimum atomic E-state index is 0. The Morgan fingerprint density at radius 1 is 1.19 bits per heavy atom. The summed E-state index contributed by atoms with van der Waals surface area (Å²) in [5.74, 6) is 0.955. The molecule has 1 saturated heterocycles. The van der Waals surface area contributed by atoms with Gasteiger partial charge in [0.2, 0.25) is 5.91 Å². The van der Waals surface area contributed by atoms with Crippen molar-refractivity contribution in [2.24, 2.45) is 0 Å². The number of amides is 1. The summed E-state index contributed by atoms with van der Waals surface area (Å²) in [4.78, 5) is 14.9. The maximum absolute atomic E-state index is 12.9. The molecule has 2 aromatic rings. The van der Waals surface area contributed by atoms with Gasteiger partial charge in [-0.1, -0.05) is 43.3 Å². The molecular formula is C21H27ClN2O2. The van der Waals surface area contributed by atoms with E-state index in [1.807, 2.05) is 29.2 Å². The van der Waals surface area contributed by atoms with Crippen LogP contribution in [0.5, 0.6) is 5.75 Å². The van der Waals surface area contributed by atoms with Gasteiger partial charge in [-0.25, -0.2) is 0 Å². The van der Waals surface area contributed by atoms with Gasteiger partial charge in [0.05, 0.1) is 19.6 Å². The number of hydrogen-bond donors (Lipinski definition) is 1. The molecule has 5 heteroatoms. The van der Waals surface area contributed by atoms with Crippen LogP contribution in [0.2, 0.25) is 0 Å². The van der Waals surface area contributed by atoms with Gasteiger partial charge in [0, 0.05) is 19.6 Å². The third-order valence-electron chi connectivity index (χ3n) is 4.83. The maximum atomic E-state index is 12.9. The van der Waals surface area contributed by atoms with Crippen LogP contribution in [-0.2, 0) is 17.6 Å². The zero-order chi connectivity index (χ0) is 17.6. The number of carbonyl (C=O) groups excluding carboxylic acids is 1. The molecule has 3 rings (SSSR count). The molecule has 0 aliphatic carbocycles. The van der Waals surface area contributed by atoms with E-state index in [-0.39, 0.29) is 24.4 Å². The van der Waals surface area contributed by atoms with E-state index in [1.54, 1.807) is 7.11 Å². The predicted molar refractivity (Wildman–Crippen MR) is 107 cm³/mol. The SMILES string of the molecule is CCc1ccc(C2CNCCN2C(=O)Cc2cccc(OC)c2)cc1.Cl. The minimum Gasteiger partial charge on any atom is -0.497 e. The Morgan fingerprint density at radius 2 is 1.96 bits per heavy atom. The first-order chi connectivity index (χ1) is 12.2. The molecule has 1 amide bonds. The van der Waals surface area contributed by atoms with E-state index in [0.29, 0.717) is 6.42 Å². The van der Waals surface area contributed by atoms with Crippen molar-refractivity contribution in [1.82, 2.24) is 10.2 Å². The molecule has 1 atom stereocenters. The second kappa shape index (κ2) is 9.60. The Kier molecular flexibility index (Phi) is 7.49. The highest BCUT2D eigenvalue weighted by atomic mass is 35.5. The standard InChI is InChI=1S/C21H26N2O2.ClH/c1-3-16-7-9-18(10-8-16)20-15-22-11-12-23(20)21(24)14-17-5-4-6-19(13-17)25-2;/h4-10,13,20,22H,3,11-12,14-15H2,1-2H3;1H. The summed E-state index contributed by atoms with van der Waals surface area (Å²) in [5, 5.41) is 3.41. The summed E-state index contributed by atoms with van der Waals surface area (Å²) in [6.07, 6.45) is 1.43.